The number of hydrogen-bond acceptors (Lipinski definition) is 4. The second kappa shape index (κ2) is 8.92. The normalized spacial score (nSPS) is 14.7. The van der Waals surface area contributed by atoms with E-state index in [-0.39, 0.29) is 37.1 Å². The zero-order valence-electron chi connectivity index (χ0n) is 13.1. The molecule has 2 unspecified atom stereocenters. The number of methoxy groups -OCH3 is 1. The molecule has 6 nitrogen and oxygen atoms in total. The summed E-state index contributed by atoms with van der Waals surface area (Å²) in [5, 5.41) is 11.6. The molecular formula is C14H27NO5. The summed E-state index contributed by atoms with van der Waals surface area (Å²) in [7, 11) is 1.58. The first-order valence-electron chi connectivity index (χ1n) is 6.84. The lowest BCUT2D eigenvalue weighted by Gasteiger charge is -2.21. The maximum atomic E-state index is 11.7. The molecule has 0 fully saturated rings. The van der Waals surface area contributed by atoms with E-state index in [2.05, 4.69) is 5.32 Å². The summed E-state index contributed by atoms with van der Waals surface area (Å²) >= 11 is 0. The number of ether oxygens (including phenoxy) is 2. The minimum atomic E-state index is -1.05. The zero-order chi connectivity index (χ0) is 15.8. The molecular weight excluding hydrogens is 262 g/mol. The van der Waals surface area contributed by atoms with Crippen molar-refractivity contribution in [1.29, 1.82) is 0 Å². The van der Waals surface area contributed by atoms with Gasteiger partial charge in [0.15, 0.2) is 0 Å². The summed E-state index contributed by atoms with van der Waals surface area (Å²) in [6.45, 7) is 7.84. The fraction of sp³-hybridized carbons (Fsp3) is 0.857. The van der Waals surface area contributed by atoms with Gasteiger partial charge in [-0.05, 0) is 34.1 Å². The highest BCUT2D eigenvalue weighted by molar-refractivity contribution is 5.83. The number of amides is 1. The van der Waals surface area contributed by atoms with Crippen LogP contribution < -0.4 is 5.32 Å². The van der Waals surface area contributed by atoms with Crippen LogP contribution in [-0.4, -0.2) is 48.4 Å². The van der Waals surface area contributed by atoms with Crippen molar-refractivity contribution in [1.82, 2.24) is 5.32 Å². The van der Waals surface area contributed by atoms with Crippen molar-refractivity contribution in [2.75, 3.05) is 13.7 Å². The number of carbonyl (C=O) groups is 2. The molecule has 2 atom stereocenters. The standard InChI is InChI=1S/C14H27NO5/c1-10(19-5)6-7-12(16)15-11(13(17)18)8-9-20-14(2,3)4/h10-11H,6-9H2,1-5H3,(H,15,16)(H,17,18). The maximum Gasteiger partial charge on any atom is 0.326 e. The highest BCUT2D eigenvalue weighted by Gasteiger charge is 2.21. The largest absolute Gasteiger partial charge is 0.480 e. The van der Waals surface area contributed by atoms with Crippen LogP contribution in [0.3, 0.4) is 0 Å². The highest BCUT2D eigenvalue weighted by Crippen LogP contribution is 2.08. The first kappa shape index (κ1) is 18.9. The van der Waals surface area contributed by atoms with Crippen molar-refractivity contribution < 1.29 is 24.2 Å². The summed E-state index contributed by atoms with van der Waals surface area (Å²) in [4.78, 5) is 22.8. The molecule has 0 aliphatic rings. The summed E-state index contributed by atoms with van der Waals surface area (Å²) in [5.74, 6) is -1.33. The molecule has 118 valence electrons. The number of nitrogens with one attached hydrogen (secondary N) is 1. The lowest BCUT2D eigenvalue weighted by atomic mass is 10.1. The Hall–Kier alpha value is -1.14. The van der Waals surface area contributed by atoms with Gasteiger partial charge in [-0.1, -0.05) is 0 Å². The number of carboxylic acids is 1. The molecule has 6 heteroatoms. The van der Waals surface area contributed by atoms with Crippen LogP contribution in [0.15, 0.2) is 0 Å². The van der Waals surface area contributed by atoms with Crippen molar-refractivity contribution in [2.45, 2.75) is 64.7 Å². The molecule has 0 saturated carbocycles. The van der Waals surface area contributed by atoms with Gasteiger partial charge < -0.3 is 19.9 Å². The molecule has 0 spiro atoms. The van der Waals surface area contributed by atoms with Gasteiger partial charge in [0.2, 0.25) is 5.91 Å². The van der Waals surface area contributed by atoms with Gasteiger partial charge in [0.05, 0.1) is 11.7 Å². The van der Waals surface area contributed by atoms with Crippen LogP contribution in [0.1, 0.15) is 47.0 Å². The molecule has 0 rings (SSSR count). The van der Waals surface area contributed by atoms with Crippen LogP contribution in [0.2, 0.25) is 0 Å². The third-order valence-corrected chi connectivity index (χ3v) is 2.76. The van der Waals surface area contributed by atoms with Crippen LogP contribution in [-0.2, 0) is 19.1 Å². The van der Waals surface area contributed by atoms with E-state index < -0.39 is 12.0 Å². The van der Waals surface area contributed by atoms with Crippen LogP contribution >= 0.6 is 0 Å². The Morgan fingerprint density at radius 3 is 2.30 bits per heavy atom. The Morgan fingerprint density at radius 1 is 1.25 bits per heavy atom. The number of carboxylic acid groups (broad SMARTS) is 1. The molecule has 1 amide bonds. The topological polar surface area (TPSA) is 84.9 Å². The fourth-order valence-electron chi connectivity index (χ4n) is 1.46. The monoisotopic (exact) mass is 289 g/mol. The number of rotatable bonds is 9. The fourth-order valence-corrected chi connectivity index (χ4v) is 1.46. The van der Waals surface area contributed by atoms with Crippen molar-refractivity contribution in [2.24, 2.45) is 0 Å². The first-order valence-corrected chi connectivity index (χ1v) is 6.84. The van der Waals surface area contributed by atoms with Crippen LogP contribution in [0, 0.1) is 0 Å². The highest BCUT2D eigenvalue weighted by atomic mass is 16.5. The Morgan fingerprint density at radius 2 is 1.85 bits per heavy atom. The molecule has 0 radical (unpaired) electrons. The smallest absolute Gasteiger partial charge is 0.326 e. The Balaban J connectivity index is 4.14. The lowest BCUT2D eigenvalue weighted by molar-refractivity contribution is -0.142. The molecule has 0 aliphatic carbocycles. The van der Waals surface area contributed by atoms with Crippen LogP contribution in [0.25, 0.3) is 0 Å². The molecule has 0 heterocycles. The molecule has 2 N–H and O–H groups in total. The van der Waals surface area contributed by atoms with E-state index in [4.69, 9.17) is 14.6 Å². The summed E-state index contributed by atoms with van der Waals surface area (Å²) in [6.07, 6.45) is 1.04. The van der Waals surface area contributed by atoms with Crippen molar-refractivity contribution in [3.8, 4) is 0 Å². The van der Waals surface area contributed by atoms with E-state index in [1.165, 1.54) is 0 Å². The summed E-state index contributed by atoms with van der Waals surface area (Å²) in [5.41, 5.74) is -0.318. The van der Waals surface area contributed by atoms with Gasteiger partial charge in [-0.15, -0.1) is 0 Å². The van der Waals surface area contributed by atoms with Crippen molar-refractivity contribution in [3.63, 3.8) is 0 Å². The predicted molar refractivity (Wildman–Crippen MR) is 75.6 cm³/mol. The molecule has 0 aliphatic heterocycles. The number of hydrogen-bond donors (Lipinski definition) is 2. The minimum absolute atomic E-state index is 0.0201. The molecule has 0 aromatic carbocycles. The van der Waals surface area contributed by atoms with Crippen molar-refractivity contribution in [3.05, 3.63) is 0 Å². The van der Waals surface area contributed by atoms with Crippen LogP contribution in [0.5, 0.6) is 0 Å². The van der Waals surface area contributed by atoms with Gasteiger partial charge in [-0.3, -0.25) is 4.79 Å². The van der Waals surface area contributed by atoms with Gasteiger partial charge in [-0.25, -0.2) is 4.79 Å². The predicted octanol–water partition coefficient (Wildman–Crippen LogP) is 1.58. The average molecular weight is 289 g/mol. The Bertz CT molecular complexity index is 311. The van der Waals surface area contributed by atoms with Crippen molar-refractivity contribution >= 4 is 11.9 Å². The van der Waals surface area contributed by atoms with Gasteiger partial charge in [0.1, 0.15) is 6.04 Å². The Labute approximate surface area is 120 Å². The first-order chi connectivity index (χ1) is 9.15. The molecule has 0 aromatic rings. The lowest BCUT2D eigenvalue weighted by Crippen LogP contribution is -2.42. The zero-order valence-corrected chi connectivity index (χ0v) is 13.1. The molecule has 0 aromatic heterocycles. The van der Waals surface area contributed by atoms with E-state index in [0.29, 0.717) is 6.42 Å². The molecule has 0 bridgehead atoms. The minimum Gasteiger partial charge on any atom is -0.480 e. The van der Waals surface area contributed by atoms with Gasteiger partial charge in [0, 0.05) is 26.6 Å². The molecule has 0 saturated heterocycles. The van der Waals surface area contributed by atoms with E-state index in [9.17, 15) is 9.59 Å². The van der Waals surface area contributed by atoms with Gasteiger partial charge >= 0.3 is 5.97 Å². The Kier molecular flexibility index (Phi) is 8.41. The van der Waals surface area contributed by atoms with E-state index >= 15 is 0 Å². The van der Waals surface area contributed by atoms with E-state index in [1.54, 1.807) is 7.11 Å². The number of aliphatic carboxylic acids is 1. The average Bonchev–Trinajstić information content (AvgIpc) is 2.33. The third kappa shape index (κ3) is 9.75. The van der Waals surface area contributed by atoms with Gasteiger partial charge in [0.25, 0.3) is 0 Å². The number of carbonyl (C=O) groups excluding carboxylic acids is 1. The second-order valence-corrected chi connectivity index (χ2v) is 5.79. The summed E-state index contributed by atoms with van der Waals surface area (Å²) in [6, 6.07) is -0.914. The van der Waals surface area contributed by atoms with Crippen LogP contribution in [0.4, 0.5) is 0 Å². The summed E-state index contributed by atoms with van der Waals surface area (Å²) < 4.78 is 10.5. The van der Waals surface area contributed by atoms with Gasteiger partial charge in [-0.2, -0.15) is 0 Å². The van der Waals surface area contributed by atoms with E-state index in [1.807, 2.05) is 27.7 Å². The maximum absolute atomic E-state index is 11.7. The van der Waals surface area contributed by atoms with E-state index in [0.717, 1.165) is 0 Å². The SMILES string of the molecule is COC(C)CCC(=O)NC(CCOC(C)(C)C)C(=O)O. The quantitative estimate of drug-likeness (QED) is 0.673. The second-order valence-electron chi connectivity index (χ2n) is 5.79. The third-order valence-electron chi connectivity index (χ3n) is 2.76. The molecule has 20 heavy (non-hydrogen) atoms.